The van der Waals surface area contributed by atoms with Crippen LogP contribution in [0.3, 0.4) is 0 Å². The number of amides is 2. The number of carboxylic acids is 1. The molecule has 0 saturated carbocycles. The highest BCUT2D eigenvalue weighted by Gasteiger charge is 2.28. The fourth-order valence-electron chi connectivity index (χ4n) is 4.77. The van der Waals surface area contributed by atoms with Gasteiger partial charge in [-0.1, -0.05) is 12.1 Å². The third-order valence-corrected chi connectivity index (χ3v) is 6.72. The van der Waals surface area contributed by atoms with E-state index < -0.39 is 23.6 Å². The molecule has 0 aliphatic heterocycles. The third-order valence-electron chi connectivity index (χ3n) is 6.72. The number of hydrogen-bond acceptors (Lipinski definition) is 6. The molecule has 0 saturated heterocycles. The van der Waals surface area contributed by atoms with Gasteiger partial charge in [-0.05, 0) is 60.2 Å². The number of nitrogens with zero attached hydrogens (tertiary/aromatic N) is 3. The van der Waals surface area contributed by atoms with Gasteiger partial charge in [-0.3, -0.25) is 9.59 Å². The van der Waals surface area contributed by atoms with Crippen molar-refractivity contribution in [2.24, 2.45) is 0 Å². The van der Waals surface area contributed by atoms with Crippen LogP contribution in [0.4, 0.5) is 4.39 Å². The number of carboxylic acid groups (broad SMARTS) is 1. The highest BCUT2D eigenvalue weighted by atomic mass is 19.1. The average molecular weight is 518 g/mol. The topological polar surface area (TPSA) is 135 Å². The smallest absolute Gasteiger partial charge is 0.335 e. The van der Waals surface area contributed by atoms with Crippen molar-refractivity contribution in [2.75, 3.05) is 7.11 Å². The largest absolute Gasteiger partial charge is 0.494 e. The van der Waals surface area contributed by atoms with Crippen LogP contribution in [0.25, 0.3) is 5.65 Å². The van der Waals surface area contributed by atoms with E-state index in [1.165, 1.54) is 42.1 Å². The minimum atomic E-state index is -0.986. The predicted molar refractivity (Wildman–Crippen MR) is 134 cm³/mol. The average Bonchev–Trinajstić information content (AvgIpc) is 3.55. The van der Waals surface area contributed by atoms with Crippen LogP contribution in [-0.4, -0.2) is 44.6 Å². The van der Waals surface area contributed by atoms with Crippen molar-refractivity contribution in [3.63, 3.8) is 0 Å². The Labute approximate surface area is 216 Å². The van der Waals surface area contributed by atoms with E-state index in [4.69, 9.17) is 4.74 Å². The second-order valence-corrected chi connectivity index (χ2v) is 8.96. The molecule has 2 amide bonds. The molecule has 0 fully saturated rings. The van der Waals surface area contributed by atoms with Crippen molar-refractivity contribution in [2.45, 2.75) is 32.4 Å². The summed E-state index contributed by atoms with van der Waals surface area (Å²) in [5.74, 6) is -2.39. The second kappa shape index (κ2) is 9.92. The monoisotopic (exact) mass is 517 g/mol. The van der Waals surface area contributed by atoms with Crippen LogP contribution in [0, 0.1) is 12.7 Å². The van der Waals surface area contributed by atoms with E-state index in [1.807, 2.05) is 0 Å². The molecule has 0 unspecified atom stereocenters. The summed E-state index contributed by atoms with van der Waals surface area (Å²) in [7, 11) is 1.36. The standard InChI is InChI=1S/C27H24FN5O5/c1-14-16-6-8-20(18(16)5-4-17(14)27(36)37)32-26(35)22-12-21(31-24-9-10-30-33(22)24)25(34)29-13-15-3-7-19(28)23(11-15)38-2/h3-5,7,9-12,20H,6,8,13H2,1-2H3,(H,29,34)(H,32,35)(H,36,37)/t20-/m0/s1. The van der Waals surface area contributed by atoms with E-state index in [0.29, 0.717) is 29.6 Å². The van der Waals surface area contributed by atoms with Gasteiger partial charge in [-0.15, -0.1) is 0 Å². The van der Waals surface area contributed by atoms with Crippen LogP contribution in [0.5, 0.6) is 5.75 Å². The molecule has 0 bridgehead atoms. The predicted octanol–water partition coefficient (Wildman–Crippen LogP) is 3.23. The lowest BCUT2D eigenvalue weighted by Crippen LogP contribution is -2.30. The van der Waals surface area contributed by atoms with Crippen molar-refractivity contribution in [1.82, 2.24) is 25.2 Å². The van der Waals surface area contributed by atoms with Crippen molar-refractivity contribution in [3.05, 3.63) is 93.7 Å². The van der Waals surface area contributed by atoms with E-state index >= 15 is 0 Å². The number of carbonyl (C=O) groups is 3. The summed E-state index contributed by atoms with van der Waals surface area (Å²) in [6, 6.07) is 10.2. The fourth-order valence-corrected chi connectivity index (χ4v) is 4.77. The molecule has 2 aromatic heterocycles. The first-order chi connectivity index (χ1) is 18.3. The first-order valence-electron chi connectivity index (χ1n) is 11.9. The number of ether oxygens (including phenoxy) is 1. The van der Waals surface area contributed by atoms with Gasteiger partial charge >= 0.3 is 5.97 Å². The first kappa shape index (κ1) is 24.9. The van der Waals surface area contributed by atoms with E-state index in [9.17, 15) is 23.9 Å². The van der Waals surface area contributed by atoms with Crippen molar-refractivity contribution in [1.29, 1.82) is 0 Å². The molecule has 1 atom stereocenters. The van der Waals surface area contributed by atoms with Crippen LogP contribution in [0.2, 0.25) is 0 Å². The number of rotatable bonds is 7. The third kappa shape index (κ3) is 4.54. The summed E-state index contributed by atoms with van der Waals surface area (Å²) in [6.45, 7) is 1.87. The number of halogens is 1. The Balaban J connectivity index is 1.37. The lowest BCUT2D eigenvalue weighted by Gasteiger charge is -2.16. The Hall–Kier alpha value is -4.80. The van der Waals surface area contributed by atoms with Crippen LogP contribution in [-0.2, 0) is 13.0 Å². The Morgan fingerprint density at radius 2 is 1.97 bits per heavy atom. The van der Waals surface area contributed by atoms with Crippen LogP contribution in [0.15, 0.2) is 48.7 Å². The Kier molecular flexibility index (Phi) is 6.50. The van der Waals surface area contributed by atoms with Gasteiger partial charge in [0.1, 0.15) is 11.4 Å². The molecule has 3 N–H and O–H groups in total. The summed E-state index contributed by atoms with van der Waals surface area (Å²) in [6.07, 6.45) is 2.74. The fraction of sp³-hybridized carbons (Fsp3) is 0.222. The van der Waals surface area contributed by atoms with E-state index in [0.717, 1.165) is 11.1 Å². The van der Waals surface area contributed by atoms with Crippen molar-refractivity contribution >= 4 is 23.4 Å². The van der Waals surface area contributed by atoms with Gasteiger partial charge in [0, 0.05) is 18.7 Å². The van der Waals surface area contributed by atoms with Gasteiger partial charge in [0.25, 0.3) is 11.8 Å². The zero-order valence-corrected chi connectivity index (χ0v) is 20.6. The highest BCUT2D eigenvalue weighted by Crippen LogP contribution is 2.35. The lowest BCUT2D eigenvalue weighted by atomic mass is 9.98. The zero-order valence-electron chi connectivity index (χ0n) is 20.6. The SMILES string of the molecule is COc1cc(CNC(=O)c2cc(C(=O)N[C@H]3CCc4c3ccc(C(=O)O)c4C)n3nccc3n2)ccc1F. The number of aromatic nitrogens is 3. The quantitative estimate of drug-likeness (QED) is 0.343. The molecule has 2 heterocycles. The number of methoxy groups -OCH3 is 1. The molecular formula is C27H24FN5O5. The minimum absolute atomic E-state index is 0.0194. The number of hydrogen-bond donors (Lipinski definition) is 3. The molecule has 5 rings (SSSR count). The lowest BCUT2D eigenvalue weighted by molar-refractivity contribution is 0.0695. The molecule has 38 heavy (non-hydrogen) atoms. The van der Waals surface area contributed by atoms with Gasteiger partial charge < -0.3 is 20.5 Å². The van der Waals surface area contributed by atoms with E-state index in [1.54, 1.807) is 25.1 Å². The number of fused-ring (bicyclic) bond motifs is 2. The van der Waals surface area contributed by atoms with E-state index in [2.05, 4.69) is 20.7 Å². The maximum absolute atomic E-state index is 13.7. The molecular weight excluding hydrogens is 493 g/mol. The second-order valence-electron chi connectivity index (χ2n) is 8.96. The van der Waals surface area contributed by atoms with Gasteiger partial charge in [0.15, 0.2) is 17.2 Å². The number of carbonyl (C=O) groups excluding carboxylic acids is 2. The molecule has 10 nitrogen and oxygen atoms in total. The Morgan fingerprint density at radius 3 is 2.74 bits per heavy atom. The zero-order chi connectivity index (χ0) is 27.0. The maximum atomic E-state index is 13.7. The summed E-state index contributed by atoms with van der Waals surface area (Å²) >= 11 is 0. The van der Waals surface area contributed by atoms with Gasteiger partial charge in [-0.2, -0.15) is 5.10 Å². The molecule has 11 heteroatoms. The highest BCUT2D eigenvalue weighted by molar-refractivity contribution is 5.98. The first-order valence-corrected chi connectivity index (χ1v) is 11.9. The normalized spacial score (nSPS) is 14.2. The Morgan fingerprint density at radius 1 is 1.16 bits per heavy atom. The molecule has 0 spiro atoms. The molecule has 1 aliphatic carbocycles. The number of aromatic carboxylic acids is 1. The Bertz CT molecular complexity index is 1600. The van der Waals surface area contributed by atoms with Crippen molar-refractivity contribution in [3.8, 4) is 5.75 Å². The molecule has 4 aromatic rings. The molecule has 1 aliphatic rings. The van der Waals surface area contributed by atoms with Gasteiger partial charge in [-0.25, -0.2) is 18.7 Å². The molecule has 194 valence electrons. The number of nitrogens with one attached hydrogen (secondary N) is 2. The number of benzene rings is 2. The minimum Gasteiger partial charge on any atom is -0.494 e. The van der Waals surface area contributed by atoms with Crippen molar-refractivity contribution < 1.29 is 28.6 Å². The van der Waals surface area contributed by atoms with Crippen LogP contribution < -0.4 is 15.4 Å². The maximum Gasteiger partial charge on any atom is 0.335 e. The van der Waals surface area contributed by atoms with Crippen LogP contribution >= 0.6 is 0 Å². The van der Waals surface area contributed by atoms with Gasteiger partial charge in [0.05, 0.1) is 24.9 Å². The summed E-state index contributed by atoms with van der Waals surface area (Å²) in [5, 5.41) is 19.3. The summed E-state index contributed by atoms with van der Waals surface area (Å²) in [4.78, 5) is 42.1. The van der Waals surface area contributed by atoms with E-state index in [-0.39, 0.29) is 35.3 Å². The summed E-state index contributed by atoms with van der Waals surface area (Å²) in [5.41, 5.74) is 3.83. The van der Waals surface area contributed by atoms with Gasteiger partial charge in [0.2, 0.25) is 0 Å². The molecule has 0 radical (unpaired) electrons. The van der Waals surface area contributed by atoms with Crippen LogP contribution in [0.1, 0.15) is 66.1 Å². The molecule has 2 aromatic carbocycles. The summed E-state index contributed by atoms with van der Waals surface area (Å²) < 4.78 is 20.0.